The fraction of sp³-hybridized carbons (Fsp3) is 0.167. The average molecular weight is 251 g/mol. The highest BCUT2D eigenvalue weighted by Gasteiger charge is 2.16. The van der Waals surface area contributed by atoms with Crippen molar-refractivity contribution in [1.29, 1.82) is 0 Å². The molecule has 2 N–H and O–H groups in total. The Kier molecular flexibility index (Phi) is 3.10. The van der Waals surface area contributed by atoms with Crippen molar-refractivity contribution in [3.05, 3.63) is 42.2 Å². The summed E-state index contributed by atoms with van der Waals surface area (Å²) < 4.78 is 27.8. The molecule has 0 spiro atoms. The van der Waals surface area contributed by atoms with Crippen LogP contribution in [0.15, 0.2) is 30.6 Å². The topological polar surface area (TPSA) is 60.9 Å². The number of nitrogens with zero attached hydrogens (tertiary/aromatic N) is 2. The summed E-state index contributed by atoms with van der Waals surface area (Å²) in [5, 5.41) is 0. The predicted octanol–water partition coefficient (Wildman–Crippen LogP) is 1.87. The Morgan fingerprint density at radius 1 is 1.33 bits per heavy atom. The molecule has 1 atom stereocenters. The van der Waals surface area contributed by atoms with Crippen molar-refractivity contribution in [2.45, 2.75) is 13.0 Å². The molecule has 0 aliphatic heterocycles. The van der Waals surface area contributed by atoms with E-state index in [1.54, 1.807) is 6.92 Å². The number of aromatic nitrogens is 2. The van der Waals surface area contributed by atoms with Gasteiger partial charge in [0.15, 0.2) is 0 Å². The Hall–Kier alpha value is -2.24. The zero-order valence-electron chi connectivity index (χ0n) is 9.60. The fourth-order valence-corrected chi connectivity index (χ4v) is 1.67. The van der Waals surface area contributed by atoms with Crippen LogP contribution in [0.25, 0.3) is 11.4 Å². The van der Waals surface area contributed by atoms with Gasteiger partial charge in [-0.05, 0) is 19.1 Å². The van der Waals surface area contributed by atoms with E-state index in [-0.39, 0.29) is 5.56 Å². The summed E-state index contributed by atoms with van der Waals surface area (Å²) in [6.45, 7) is 1.59. The van der Waals surface area contributed by atoms with Crippen molar-refractivity contribution in [3.8, 4) is 11.4 Å². The largest absolute Gasteiger partial charge is 0.368 e. The Morgan fingerprint density at radius 2 is 1.94 bits per heavy atom. The number of nitrogens with two attached hydrogens (primary N) is 1. The highest BCUT2D eigenvalue weighted by molar-refractivity contribution is 5.78. The number of hydrogen-bond acceptors (Lipinski definition) is 2. The molecule has 94 valence electrons. The van der Waals surface area contributed by atoms with Gasteiger partial charge in [-0.2, -0.15) is 0 Å². The van der Waals surface area contributed by atoms with E-state index in [9.17, 15) is 13.6 Å². The highest BCUT2D eigenvalue weighted by atomic mass is 19.1. The summed E-state index contributed by atoms with van der Waals surface area (Å²) >= 11 is 0. The molecule has 2 aromatic rings. The number of rotatable bonds is 3. The van der Waals surface area contributed by atoms with Crippen LogP contribution in [0.5, 0.6) is 0 Å². The van der Waals surface area contributed by atoms with Gasteiger partial charge in [-0.25, -0.2) is 13.8 Å². The second kappa shape index (κ2) is 4.56. The molecule has 2 rings (SSSR count). The van der Waals surface area contributed by atoms with Crippen molar-refractivity contribution >= 4 is 5.91 Å². The summed E-state index contributed by atoms with van der Waals surface area (Å²) in [5.74, 6) is -1.66. The van der Waals surface area contributed by atoms with Crippen molar-refractivity contribution in [2.75, 3.05) is 0 Å². The molecule has 6 heteroatoms. The Labute approximate surface area is 102 Å². The molecule has 0 saturated carbocycles. The van der Waals surface area contributed by atoms with Crippen LogP contribution in [-0.4, -0.2) is 15.5 Å². The Balaban J connectivity index is 2.51. The maximum atomic E-state index is 13.1. The number of benzene rings is 1. The lowest BCUT2D eigenvalue weighted by Crippen LogP contribution is -2.24. The number of carbonyl (C=O) groups is 1. The Bertz CT molecular complexity index is 575. The highest BCUT2D eigenvalue weighted by Crippen LogP contribution is 2.22. The minimum absolute atomic E-state index is 0.255. The summed E-state index contributed by atoms with van der Waals surface area (Å²) in [6.07, 6.45) is 2.98. The lowest BCUT2D eigenvalue weighted by molar-refractivity contribution is -0.120. The molecular formula is C12H11F2N3O. The minimum atomic E-state index is -0.703. The van der Waals surface area contributed by atoms with Crippen LogP contribution in [0.2, 0.25) is 0 Å². The van der Waals surface area contributed by atoms with Gasteiger partial charge in [0.05, 0.1) is 0 Å². The summed E-state index contributed by atoms with van der Waals surface area (Å²) in [5.41, 5.74) is 5.45. The monoisotopic (exact) mass is 251 g/mol. The van der Waals surface area contributed by atoms with Crippen LogP contribution in [0.1, 0.15) is 13.0 Å². The molecule has 0 radical (unpaired) electrons. The van der Waals surface area contributed by atoms with E-state index in [1.807, 2.05) is 0 Å². The number of amides is 1. The molecule has 0 saturated heterocycles. The van der Waals surface area contributed by atoms with E-state index < -0.39 is 23.6 Å². The normalized spacial score (nSPS) is 12.4. The van der Waals surface area contributed by atoms with Crippen LogP contribution in [0.4, 0.5) is 8.78 Å². The van der Waals surface area contributed by atoms with E-state index in [0.29, 0.717) is 5.82 Å². The first-order valence-electron chi connectivity index (χ1n) is 5.27. The van der Waals surface area contributed by atoms with Gasteiger partial charge in [0, 0.05) is 24.0 Å². The first-order valence-corrected chi connectivity index (χ1v) is 5.27. The van der Waals surface area contributed by atoms with Crippen LogP contribution in [0, 0.1) is 11.6 Å². The van der Waals surface area contributed by atoms with Crippen molar-refractivity contribution in [3.63, 3.8) is 0 Å². The lowest BCUT2D eigenvalue weighted by atomic mass is 10.2. The van der Waals surface area contributed by atoms with Crippen molar-refractivity contribution < 1.29 is 13.6 Å². The molecule has 1 unspecified atom stereocenters. The molecule has 0 bridgehead atoms. The van der Waals surface area contributed by atoms with Gasteiger partial charge >= 0.3 is 0 Å². The van der Waals surface area contributed by atoms with E-state index in [2.05, 4.69) is 4.98 Å². The third kappa shape index (κ3) is 2.22. The van der Waals surface area contributed by atoms with Gasteiger partial charge in [0.1, 0.15) is 23.5 Å². The second-order valence-electron chi connectivity index (χ2n) is 3.89. The maximum Gasteiger partial charge on any atom is 0.240 e. The van der Waals surface area contributed by atoms with E-state index in [1.165, 1.54) is 17.0 Å². The molecular weight excluding hydrogens is 240 g/mol. The number of halogens is 2. The average Bonchev–Trinajstić information content (AvgIpc) is 2.75. The van der Waals surface area contributed by atoms with Crippen LogP contribution >= 0.6 is 0 Å². The molecule has 4 nitrogen and oxygen atoms in total. The first-order chi connectivity index (χ1) is 8.49. The quantitative estimate of drug-likeness (QED) is 0.905. The second-order valence-corrected chi connectivity index (χ2v) is 3.89. The Morgan fingerprint density at radius 3 is 2.50 bits per heavy atom. The number of carbonyl (C=O) groups excluding carboxylic acids is 1. The predicted molar refractivity (Wildman–Crippen MR) is 61.5 cm³/mol. The maximum absolute atomic E-state index is 13.1. The summed E-state index contributed by atoms with van der Waals surface area (Å²) in [7, 11) is 0. The van der Waals surface area contributed by atoms with Crippen LogP contribution in [-0.2, 0) is 4.79 Å². The van der Waals surface area contributed by atoms with Gasteiger partial charge in [0.25, 0.3) is 0 Å². The molecule has 1 amide bonds. The molecule has 18 heavy (non-hydrogen) atoms. The summed E-state index contributed by atoms with van der Waals surface area (Å²) in [6, 6.07) is 2.42. The smallest absolute Gasteiger partial charge is 0.240 e. The molecule has 1 aromatic heterocycles. The molecule has 0 aliphatic rings. The van der Waals surface area contributed by atoms with Gasteiger partial charge < -0.3 is 10.3 Å². The molecule has 0 aliphatic carbocycles. The van der Waals surface area contributed by atoms with Gasteiger partial charge in [-0.3, -0.25) is 4.79 Å². The zero-order chi connectivity index (χ0) is 13.3. The van der Waals surface area contributed by atoms with E-state index in [0.717, 1.165) is 18.2 Å². The van der Waals surface area contributed by atoms with Crippen molar-refractivity contribution in [2.24, 2.45) is 5.73 Å². The van der Waals surface area contributed by atoms with Crippen molar-refractivity contribution in [1.82, 2.24) is 9.55 Å². The van der Waals surface area contributed by atoms with Gasteiger partial charge in [0.2, 0.25) is 5.91 Å². The zero-order valence-corrected chi connectivity index (χ0v) is 9.60. The third-order valence-electron chi connectivity index (χ3n) is 2.62. The fourth-order valence-electron chi connectivity index (χ4n) is 1.67. The van der Waals surface area contributed by atoms with E-state index >= 15 is 0 Å². The number of primary amides is 1. The van der Waals surface area contributed by atoms with Crippen LogP contribution in [0.3, 0.4) is 0 Å². The molecule has 1 aromatic carbocycles. The number of hydrogen-bond donors (Lipinski definition) is 1. The minimum Gasteiger partial charge on any atom is -0.368 e. The van der Waals surface area contributed by atoms with Gasteiger partial charge in [-0.1, -0.05) is 0 Å². The number of imidazole rings is 1. The molecule has 1 heterocycles. The molecule has 0 fully saturated rings. The first kappa shape index (κ1) is 12.2. The standard InChI is InChI=1S/C12H11F2N3O/c1-7(11(15)18)17-3-2-16-12(17)8-4-9(13)6-10(14)5-8/h2-7H,1H3,(H2,15,18). The lowest BCUT2D eigenvalue weighted by Gasteiger charge is -2.13. The third-order valence-corrected chi connectivity index (χ3v) is 2.62. The van der Waals surface area contributed by atoms with E-state index in [4.69, 9.17) is 5.73 Å². The SMILES string of the molecule is CC(C(N)=O)n1ccnc1-c1cc(F)cc(F)c1. The van der Waals surface area contributed by atoms with Crippen LogP contribution < -0.4 is 5.73 Å². The van der Waals surface area contributed by atoms with Gasteiger partial charge in [-0.15, -0.1) is 0 Å². The summed E-state index contributed by atoms with van der Waals surface area (Å²) in [4.78, 5) is 15.1.